The van der Waals surface area contributed by atoms with Crippen LogP contribution in [0.15, 0.2) is 36.4 Å². The van der Waals surface area contributed by atoms with Gasteiger partial charge in [-0.1, -0.05) is 47.5 Å². The Labute approximate surface area is 313 Å². The van der Waals surface area contributed by atoms with E-state index < -0.39 is 5.97 Å². The number of imidazole rings is 2. The molecule has 0 spiro atoms. The van der Waals surface area contributed by atoms with Crippen molar-refractivity contribution >= 4 is 52.4 Å². The number of aromatic nitrogens is 4. The summed E-state index contributed by atoms with van der Waals surface area (Å²) in [6.45, 7) is 4.08. The zero-order valence-electron chi connectivity index (χ0n) is 29.7. The van der Waals surface area contributed by atoms with E-state index in [1.54, 1.807) is 24.3 Å². The minimum atomic E-state index is -0.670. The van der Waals surface area contributed by atoms with Crippen LogP contribution in [-0.2, 0) is 44.8 Å². The third-order valence-corrected chi connectivity index (χ3v) is 11.8. The first kappa shape index (κ1) is 36.1. The Morgan fingerprint density at radius 2 is 1.29 bits per heavy atom. The van der Waals surface area contributed by atoms with E-state index in [1.165, 1.54) is 0 Å². The normalized spacial score (nSPS) is 19.2. The topological polar surface area (TPSA) is 138 Å². The molecule has 1 aliphatic carbocycles. The number of carbonyl (C=O) groups excluding carboxylic acids is 2. The highest BCUT2D eigenvalue weighted by molar-refractivity contribution is 6.40. The minimum Gasteiger partial charge on any atom is -0.481 e. The third kappa shape index (κ3) is 7.21. The number of anilines is 2. The van der Waals surface area contributed by atoms with E-state index in [2.05, 4.69) is 25.4 Å². The number of carboxylic acid groups (broad SMARTS) is 1. The smallest absolute Gasteiger partial charge is 0.306 e. The second-order valence-electron chi connectivity index (χ2n) is 14.4. The molecule has 12 nitrogen and oxygen atoms in total. The van der Waals surface area contributed by atoms with Crippen molar-refractivity contribution in [2.75, 3.05) is 37.3 Å². The van der Waals surface area contributed by atoms with Crippen LogP contribution in [0.5, 0.6) is 0 Å². The molecule has 0 atom stereocenters. The van der Waals surface area contributed by atoms with Gasteiger partial charge in [-0.2, -0.15) is 0 Å². The number of likely N-dealkylation sites (N-methyl/N-ethyl adjacent to an activating group) is 1. The van der Waals surface area contributed by atoms with Crippen molar-refractivity contribution in [2.45, 2.75) is 58.0 Å². The molecule has 0 saturated heterocycles. The second kappa shape index (κ2) is 15.0. The average Bonchev–Trinajstić information content (AvgIpc) is 3.64. The molecule has 2 aliphatic heterocycles. The predicted octanol–water partition coefficient (Wildman–Crippen LogP) is 6.26. The molecule has 14 heteroatoms. The summed E-state index contributed by atoms with van der Waals surface area (Å²) >= 11 is 13.8. The van der Waals surface area contributed by atoms with Gasteiger partial charge in [-0.3, -0.25) is 19.3 Å². The first-order valence-electron chi connectivity index (χ1n) is 17.9. The molecule has 7 rings (SSSR count). The van der Waals surface area contributed by atoms with Gasteiger partial charge in [-0.05, 0) is 63.7 Å². The van der Waals surface area contributed by atoms with Gasteiger partial charge in [-0.25, -0.2) is 9.97 Å². The molecule has 1 saturated carbocycles. The van der Waals surface area contributed by atoms with E-state index in [9.17, 15) is 19.5 Å². The lowest BCUT2D eigenvalue weighted by Crippen LogP contribution is -2.33. The average molecular weight is 748 g/mol. The first-order chi connectivity index (χ1) is 25.0. The lowest BCUT2D eigenvalue weighted by Gasteiger charge is -2.30. The molecule has 4 aromatic rings. The number of carboxylic acids is 1. The molecule has 2 aromatic carbocycles. The van der Waals surface area contributed by atoms with Gasteiger partial charge in [0.2, 0.25) is 0 Å². The first-order valence-corrected chi connectivity index (χ1v) is 18.7. The largest absolute Gasteiger partial charge is 0.481 e. The van der Waals surface area contributed by atoms with E-state index in [1.807, 2.05) is 42.4 Å². The quantitative estimate of drug-likeness (QED) is 0.183. The van der Waals surface area contributed by atoms with Crippen LogP contribution >= 0.6 is 23.2 Å². The van der Waals surface area contributed by atoms with E-state index >= 15 is 0 Å². The Morgan fingerprint density at radius 3 is 1.83 bits per heavy atom. The summed E-state index contributed by atoms with van der Waals surface area (Å²) in [6, 6.07) is 10.7. The van der Waals surface area contributed by atoms with Gasteiger partial charge in [0.1, 0.15) is 0 Å². The number of amides is 2. The van der Waals surface area contributed by atoms with E-state index in [4.69, 9.17) is 28.2 Å². The molecule has 0 bridgehead atoms. The van der Waals surface area contributed by atoms with Gasteiger partial charge in [0.05, 0.1) is 38.7 Å². The number of aliphatic carboxylic acids is 1. The van der Waals surface area contributed by atoms with E-state index in [-0.39, 0.29) is 17.7 Å². The van der Waals surface area contributed by atoms with Gasteiger partial charge in [-0.15, -0.1) is 0 Å². The Morgan fingerprint density at radius 1 is 0.769 bits per heavy atom. The molecular weight excluding hydrogens is 703 g/mol. The van der Waals surface area contributed by atoms with Crippen LogP contribution in [0.1, 0.15) is 76.1 Å². The second-order valence-corrected chi connectivity index (χ2v) is 15.1. The zero-order valence-corrected chi connectivity index (χ0v) is 31.2. The summed E-state index contributed by atoms with van der Waals surface area (Å²) in [5.74, 6) is -0.399. The minimum absolute atomic E-state index is 0.195. The van der Waals surface area contributed by atoms with Crippen molar-refractivity contribution in [3.63, 3.8) is 0 Å². The highest BCUT2D eigenvalue weighted by atomic mass is 35.5. The van der Waals surface area contributed by atoms with Crippen LogP contribution in [0.2, 0.25) is 10.0 Å². The molecule has 0 unspecified atom stereocenters. The summed E-state index contributed by atoms with van der Waals surface area (Å²) in [5, 5.41) is 15.8. The van der Waals surface area contributed by atoms with Gasteiger partial charge in [0, 0.05) is 75.6 Å². The standard InChI is InChI=1S/C38H44Cl2N8O4/c1-45-17-15-30-28(20-45)41-34(46(30)2)36(49)43-26-8-4-6-24(32(26)39)25-7-5-9-27(33(25)40)44-37(50)35-42-29-21-48(19-16-31(29)47(35)3)18-14-22-10-12-23(13-11-22)38(51)52/h4-9,22-23H,10-21H2,1-3H3,(H,43,49)(H,44,50)(H,51,52)/t22-,23-. The summed E-state index contributed by atoms with van der Waals surface area (Å²) < 4.78 is 3.72. The number of hydrogen-bond donors (Lipinski definition) is 3. The highest BCUT2D eigenvalue weighted by Gasteiger charge is 2.29. The maximum Gasteiger partial charge on any atom is 0.306 e. The fraction of sp³-hybridized carbons (Fsp3) is 0.447. The molecule has 1 fully saturated rings. The number of halogens is 2. The number of nitrogens with one attached hydrogen (secondary N) is 2. The van der Waals surface area contributed by atoms with Crippen molar-refractivity contribution in [3.8, 4) is 11.1 Å². The number of fused-ring (bicyclic) bond motifs is 2. The maximum atomic E-state index is 13.6. The maximum absolute atomic E-state index is 13.6. The number of carbonyl (C=O) groups is 3. The number of benzene rings is 2. The van der Waals surface area contributed by atoms with Gasteiger partial charge in [0.15, 0.2) is 11.6 Å². The molecule has 4 heterocycles. The van der Waals surface area contributed by atoms with Crippen molar-refractivity contribution in [2.24, 2.45) is 25.9 Å². The zero-order chi connectivity index (χ0) is 36.7. The van der Waals surface area contributed by atoms with Crippen LogP contribution in [0, 0.1) is 11.8 Å². The Kier molecular flexibility index (Phi) is 10.4. The van der Waals surface area contributed by atoms with Crippen LogP contribution in [0.3, 0.4) is 0 Å². The van der Waals surface area contributed by atoms with E-state index in [0.29, 0.717) is 63.2 Å². The Balaban J connectivity index is 1.02. The van der Waals surface area contributed by atoms with Crippen LogP contribution in [-0.4, -0.2) is 78.5 Å². The van der Waals surface area contributed by atoms with E-state index in [0.717, 1.165) is 87.4 Å². The molecule has 52 heavy (non-hydrogen) atoms. The predicted molar refractivity (Wildman–Crippen MR) is 201 cm³/mol. The summed E-state index contributed by atoms with van der Waals surface area (Å²) in [5.41, 5.74) is 5.95. The number of nitrogens with zero attached hydrogens (tertiary/aromatic N) is 6. The molecule has 2 amide bonds. The molecule has 3 N–H and O–H groups in total. The number of rotatable bonds is 9. The third-order valence-electron chi connectivity index (χ3n) is 11.0. The molecule has 3 aliphatic rings. The summed E-state index contributed by atoms with van der Waals surface area (Å²) in [6.07, 6.45) is 6.12. The lowest BCUT2D eigenvalue weighted by molar-refractivity contribution is -0.143. The molecule has 2 aromatic heterocycles. The van der Waals surface area contributed by atoms with Crippen LogP contribution < -0.4 is 10.6 Å². The SMILES string of the molecule is CN1CCc2c(nc(C(=O)Nc3cccc(-c4cccc(NC(=O)c5nc6c(n5C)CCN(CC[C@H]5CC[C@H](C(=O)O)CC5)C6)c4Cl)c3Cl)n2C)C1. The molecule has 0 radical (unpaired) electrons. The summed E-state index contributed by atoms with van der Waals surface area (Å²) in [7, 11) is 5.77. The van der Waals surface area contributed by atoms with Gasteiger partial charge in [0.25, 0.3) is 11.8 Å². The summed E-state index contributed by atoms with van der Waals surface area (Å²) in [4.78, 5) is 52.3. The Bertz CT molecular complexity index is 2030. The fourth-order valence-corrected chi connectivity index (χ4v) is 8.48. The van der Waals surface area contributed by atoms with Crippen LogP contribution in [0.4, 0.5) is 11.4 Å². The molecule has 274 valence electrons. The lowest BCUT2D eigenvalue weighted by atomic mass is 9.80. The van der Waals surface area contributed by atoms with Crippen molar-refractivity contribution in [3.05, 3.63) is 80.9 Å². The van der Waals surface area contributed by atoms with Crippen molar-refractivity contribution in [1.82, 2.24) is 28.9 Å². The fourth-order valence-electron chi connectivity index (χ4n) is 7.93. The van der Waals surface area contributed by atoms with Crippen molar-refractivity contribution < 1.29 is 19.5 Å². The Hall–Kier alpha value is -4.23. The van der Waals surface area contributed by atoms with Crippen LogP contribution in [0.25, 0.3) is 11.1 Å². The highest BCUT2D eigenvalue weighted by Crippen LogP contribution is 2.40. The van der Waals surface area contributed by atoms with Crippen molar-refractivity contribution in [1.29, 1.82) is 0 Å². The van der Waals surface area contributed by atoms with Gasteiger partial charge < -0.3 is 29.8 Å². The monoisotopic (exact) mass is 746 g/mol. The number of hydrogen-bond acceptors (Lipinski definition) is 7. The van der Waals surface area contributed by atoms with Gasteiger partial charge >= 0.3 is 5.97 Å². The molecular formula is C38H44Cl2N8O4.